The highest BCUT2D eigenvalue weighted by Crippen LogP contribution is 2.20. The monoisotopic (exact) mass is 534 g/mol. The van der Waals surface area contributed by atoms with E-state index in [0.717, 1.165) is 26.9 Å². The number of carbonyl (C=O) groups excluding carboxylic acids is 1. The Kier molecular flexibility index (Phi) is 10.8. The molecule has 0 amide bonds. The van der Waals surface area contributed by atoms with Crippen LogP contribution in [0.1, 0.15) is 36.1 Å². The summed E-state index contributed by atoms with van der Waals surface area (Å²) >= 11 is 3.60. The van der Waals surface area contributed by atoms with Crippen molar-refractivity contribution in [2.75, 3.05) is 19.8 Å². The summed E-state index contributed by atoms with van der Waals surface area (Å²) in [5.41, 5.74) is 4.36. The highest BCUT2D eigenvalue weighted by atomic mass is 79.9. The van der Waals surface area contributed by atoms with Gasteiger partial charge < -0.3 is 14.2 Å². The van der Waals surface area contributed by atoms with Crippen molar-refractivity contribution in [1.29, 1.82) is 0 Å². The highest BCUT2D eigenvalue weighted by Gasteiger charge is 2.20. The molecule has 4 nitrogen and oxygen atoms in total. The molecule has 1 atom stereocenters. The maximum absolute atomic E-state index is 12.1. The van der Waals surface area contributed by atoms with E-state index < -0.39 is 6.10 Å². The minimum atomic E-state index is -0.590. The summed E-state index contributed by atoms with van der Waals surface area (Å²) in [7, 11) is 0. The van der Waals surface area contributed by atoms with Crippen LogP contribution in [0.25, 0.3) is 18.2 Å². The molecular weight excluding hydrogens is 504 g/mol. The molecule has 5 heteroatoms. The summed E-state index contributed by atoms with van der Waals surface area (Å²) < 4.78 is 17.5. The van der Waals surface area contributed by atoms with Gasteiger partial charge in [-0.2, -0.15) is 0 Å². The van der Waals surface area contributed by atoms with Crippen LogP contribution in [-0.4, -0.2) is 31.9 Å². The summed E-state index contributed by atoms with van der Waals surface area (Å²) in [6.07, 6.45) is 8.12. The van der Waals surface area contributed by atoms with Gasteiger partial charge in [-0.05, 0) is 72.5 Å². The molecule has 0 saturated carbocycles. The molecule has 182 valence electrons. The Morgan fingerprint density at radius 2 is 1.54 bits per heavy atom. The van der Waals surface area contributed by atoms with Crippen molar-refractivity contribution in [3.05, 3.63) is 106 Å². The van der Waals surface area contributed by atoms with Gasteiger partial charge in [0.1, 0.15) is 12.4 Å². The van der Waals surface area contributed by atoms with Crippen molar-refractivity contribution in [3.63, 3.8) is 0 Å². The molecule has 0 aliphatic carbocycles. The summed E-state index contributed by atoms with van der Waals surface area (Å²) in [5.74, 6) is 0.439. The standard InChI is InChI=1S/C30H31BrO4/c1-3-33-29(30(32)34-4-2)22-24-14-16-28(17-15-24)35-18-8-11-25-19-26(21-27(31)20-25)13-12-23-9-6-5-7-10-23/h5-17,19-21,29H,3-4,18,22H2,1-2H3. The lowest BCUT2D eigenvalue weighted by Gasteiger charge is -2.15. The number of hydrogen-bond acceptors (Lipinski definition) is 4. The molecule has 1 unspecified atom stereocenters. The van der Waals surface area contributed by atoms with Crippen LogP contribution in [0.2, 0.25) is 0 Å². The number of ether oxygens (including phenoxy) is 3. The number of rotatable bonds is 12. The molecular formula is C30H31BrO4. The highest BCUT2D eigenvalue weighted by molar-refractivity contribution is 9.10. The first-order valence-corrected chi connectivity index (χ1v) is 12.6. The minimum absolute atomic E-state index is 0.328. The molecule has 0 aliphatic rings. The number of hydrogen-bond donors (Lipinski definition) is 0. The van der Waals surface area contributed by atoms with Crippen molar-refractivity contribution < 1.29 is 19.0 Å². The van der Waals surface area contributed by atoms with E-state index in [1.807, 2.05) is 61.5 Å². The third-order valence-electron chi connectivity index (χ3n) is 5.13. The van der Waals surface area contributed by atoms with Gasteiger partial charge in [0.05, 0.1) is 6.61 Å². The first-order chi connectivity index (χ1) is 17.1. The quantitative estimate of drug-likeness (QED) is 0.181. The topological polar surface area (TPSA) is 44.8 Å². The van der Waals surface area contributed by atoms with E-state index >= 15 is 0 Å². The average molecular weight is 535 g/mol. The molecule has 0 N–H and O–H groups in total. The fraction of sp³-hybridized carbons (Fsp3) is 0.233. The van der Waals surface area contributed by atoms with E-state index in [-0.39, 0.29) is 5.97 Å². The first kappa shape index (κ1) is 26.5. The zero-order valence-electron chi connectivity index (χ0n) is 20.2. The lowest BCUT2D eigenvalue weighted by atomic mass is 10.1. The second kappa shape index (κ2) is 14.3. The van der Waals surface area contributed by atoms with E-state index in [1.165, 1.54) is 5.56 Å². The third-order valence-corrected chi connectivity index (χ3v) is 5.59. The third kappa shape index (κ3) is 9.19. The second-order valence-corrected chi connectivity index (χ2v) is 8.74. The molecule has 0 spiro atoms. The zero-order valence-corrected chi connectivity index (χ0v) is 21.7. The molecule has 35 heavy (non-hydrogen) atoms. The van der Waals surface area contributed by atoms with Crippen molar-refractivity contribution in [2.24, 2.45) is 0 Å². The van der Waals surface area contributed by atoms with Crippen molar-refractivity contribution in [2.45, 2.75) is 26.4 Å². The predicted molar refractivity (Wildman–Crippen MR) is 146 cm³/mol. The van der Waals surface area contributed by atoms with Crippen molar-refractivity contribution in [1.82, 2.24) is 0 Å². The Bertz CT molecular complexity index is 1120. The molecule has 0 aromatic heterocycles. The van der Waals surface area contributed by atoms with Crippen LogP contribution >= 0.6 is 15.9 Å². The van der Waals surface area contributed by atoms with Gasteiger partial charge in [0.2, 0.25) is 0 Å². The van der Waals surface area contributed by atoms with Gasteiger partial charge in [0.15, 0.2) is 6.10 Å². The van der Waals surface area contributed by atoms with Crippen molar-refractivity contribution >= 4 is 40.1 Å². The van der Waals surface area contributed by atoms with Crippen LogP contribution in [0, 0.1) is 0 Å². The lowest BCUT2D eigenvalue weighted by molar-refractivity contribution is -0.156. The molecule has 3 aromatic rings. The molecule has 3 aromatic carbocycles. The fourth-order valence-corrected chi connectivity index (χ4v) is 4.02. The van der Waals surface area contributed by atoms with Gasteiger partial charge in [-0.25, -0.2) is 4.79 Å². The van der Waals surface area contributed by atoms with Crippen LogP contribution in [0.15, 0.2) is 83.3 Å². The Hall–Kier alpha value is -3.15. The van der Waals surface area contributed by atoms with Gasteiger partial charge in [-0.15, -0.1) is 0 Å². The number of benzene rings is 3. The lowest BCUT2D eigenvalue weighted by Crippen LogP contribution is -2.28. The Labute approximate surface area is 216 Å². The van der Waals surface area contributed by atoms with Crippen LogP contribution in [0.3, 0.4) is 0 Å². The summed E-state index contributed by atoms with van der Waals surface area (Å²) in [6, 6.07) is 24.2. The number of halogens is 1. The van der Waals surface area contributed by atoms with Crippen LogP contribution in [-0.2, 0) is 20.7 Å². The summed E-state index contributed by atoms with van der Waals surface area (Å²) in [4.78, 5) is 12.1. The summed E-state index contributed by atoms with van der Waals surface area (Å²) in [6.45, 7) is 4.91. The zero-order chi connectivity index (χ0) is 24.9. The van der Waals surface area contributed by atoms with Crippen LogP contribution in [0.5, 0.6) is 5.75 Å². The van der Waals surface area contributed by atoms with Gasteiger partial charge in [-0.3, -0.25) is 0 Å². The van der Waals surface area contributed by atoms with Gasteiger partial charge in [0, 0.05) is 17.5 Å². The molecule has 0 aliphatic heterocycles. The largest absolute Gasteiger partial charge is 0.490 e. The smallest absolute Gasteiger partial charge is 0.335 e. The minimum Gasteiger partial charge on any atom is -0.490 e. The molecule has 0 fully saturated rings. The maximum Gasteiger partial charge on any atom is 0.335 e. The number of esters is 1. The van der Waals surface area contributed by atoms with E-state index in [1.54, 1.807) is 6.92 Å². The van der Waals surface area contributed by atoms with Gasteiger partial charge >= 0.3 is 5.97 Å². The van der Waals surface area contributed by atoms with E-state index in [9.17, 15) is 4.79 Å². The molecule has 0 radical (unpaired) electrons. The Morgan fingerprint density at radius 3 is 2.23 bits per heavy atom. The molecule has 0 saturated heterocycles. The van der Waals surface area contributed by atoms with Gasteiger partial charge in [-0.1, -0.05) is 76.6 Å². The SMILES string of the molecule is CCOC(=O)C(Cc1ccc(OCC=Cc2cc(Br)cc(C=Cc3ccccc3)c2)cc1)OCC. The Morgan fingerprint density at radius 1 is 0.857 bits per heavy atom. The molecule has 0 heterocycles. The van der Waals surface area contributed by atoms with Crippen LogP contribution in [0.4, 0.5) is 0 Å². The van der Waals surface area contributed by atoms with E-state index in [0.29, 0.717) is 26.2 Å². The number of carbonyl (C=O) groups is 1. The molecule has 0 bridgehead atoms. The summed E-state index contributed by atoms with van der Waals surface area (Å²) in [5, 5.41) is 0. The van der Waals surface area contributed by atoms with Gasteiger partial charge in [0.25, 0.3) is 0 Å². The molecule has 3 rings (SSSR count). The van der Waals surface area contributed by atoms with E-state index in [4.69, 9.17) is 14.2 Å². The van der Waals surface area contributed by atoms with Crippen LogP contribution < -0.4 is 4.74 Å². The average Bonchev–Trinajstić information content (AvgIpc) is 2.86. The maximum atomic E-state index is 12.1. The fourth-order valence-electron chi connectivity index (χ4n) is 3.50. The first-order valence-electron chi connectivity index (χ1n) is 11.8. The Balaban J connectivity index is 1.54. The normalized spacial score (nSPS) is 12.2. The van der Waals surface area contributed by atoms with E-state index in [2.05, 4.69) is 58.4 Å². The predicted octanol–water partition coefficient (Wildman–Crippen LogP) is 7.22. The van der Waals surface area contributed by atoms with Crippen molar-refractivity contribution in [3.8, 4) is 5.75 Å². The second-order valence-electron chi connectivity index (χ2n) is 7.82.